The average Bonchev–Trinajstić information content (AvgIpc) is 2.72. The molecule has 6 heteroatoms. The Morgan fingerprint density at radius 3 is 2.87 bits per heavy atom. The molecule has 0 spiro atoms. The van der Waals surface area contributed by atoms with E-state index in [0.29, 0.717) is 16.7 Å². The molecule has 15 heavy (non-hydrogen) atoms. The van der Waals surface area contributed by atoms with Gasteiger partial charge in [0.25, 0.3) is 5.89 Å². The van der Waals surface area contributed by atoms with Gasteiger partial charge in [-0.1, -0.05) is 12.1 Å². The Hall–Kier alpha value is -1.43. The van der Waals surface area contributed by atoms with Crippen LogP contribution in [0.15, 0.2) is 9.90 Å². The highest BCUT2D eigenvalue weighted by atomic mass is 32.1. The summed E-state index contributed by atoms with van der Waals surface area (Å²) in [5, 5.41) is 6.31. The quantitative estimate of drug-likeness (QED) is 0.838. The van der Waals surface area contributed by atoms with Gasteiger partial charge in [-0.05, 0) is 12.8 Å². The van der Waals surface area contributed by atoms with Gasteiger partial charge in [0.05, 0.1) is 0 Å². The third-order valence-corrected chi connectivity index (χ3v) is 3.38. The highest BCUT2D eigenvalue weighted by molar-refractivity contribution is 7.13. The van der Waals surface area contributed by atoms with E-state index in [-0.39, 0.29) is 5.41 Å². The molecular formula is C9H10N4OS. The zero-order valence-electron chi connectivity index (χ0n) is 8.23. The number of anilines is 1. The first-order valence-electron chi connectivity index (χ1n) is 4.73. The minimum Gasteiger partial charge on any atom is -0.375 e. The van der Waals surface area contributed by atoms with Crippen LogP contribution < -0.4 is 5.73 Å². The lowest BCUT2D eigenvalue weighted by Gasteiger charge is -1.96. The summed E-state index contributed by atoms with van der Waals surface area (Å²) in [6, 6.07) is 0. The molecule has 2 aromatic heterocycles. The second-order valence-electron chi connectivity index (χ2n) is 4.05. The van der Waals surface area contributed by atoms with Crippen LogP contribution in [0.25, 0.3) is 11.6 Å². The van der Waals surface area contributed by atoms with Crippen molar-refractivity contribution in [1.29, 1.82) is 0 Å². The Morgan fingerprint density at radius 1 is 1.47 bits per heavy atom. The average molecular weight is 222 g/mol. The summed E-state index contributed by atoms with van der Waals surface area (Å²) in [4.78, 5) is 8.44. The van der Waals surface area contributed by atoms with Gasteiger partial charge in [-0.3, -0.25) is 0 Å². The molecule has 1 fully saturated rings. The van der Waals surface area contributed by atoms with Crippen molar-refractivity contribution in [2.24, 2.45) is 0 Å². The number of thiazole rings is 1. The van der Waals surface area contributed by atoms with Gasteiger partial charge in [0.1, 0.15) is 5.69 Å². The van der Waals surface area contributed by atoms with E-state index in [9.17, 15) is 0 Å². The monoisotopic (exact) mass is 222 g/mol. The molecule has 2 N–H and O–H groups in total. The van der Waals surface area contributed by atoms with Crippen molar-refractivity contribution < 1.29 is 4.52 Å². The summed E-state index contributed by atoms with van der Waals surface area (Å²) >= 11 is 1.37. The lowest BCUT2D eigenvalue weighted by molar-refractivity contribution is 0.415. The predicted molar refractivity (Wildman–Crippen MR) is 56.4 cm³/mol. The second kappa shape index (κ2) is 2.79. The van der Waals surface area contributed by atoms with E-state index in [4.69, 9.17) is 10.3 Å². The molecular weight excluding hydrogens is 212 g/mol. The molecule has 1 saturated carbocycles. The molecule has 78 valence electrons. The second-order valence-corrected chi connectivity index (χ2v) is 4.94. The third-order valence-electron chi connectivity index (χ3n) is 2.71. The first-order valence-corrected chi connectivity index (χ1v) is 5.61. The molecule has 2 aromatic rings. The van der Waals surface area contributed by atoms with Gasteiger partial charge in [0, 0.05) is 10.8 Å². The fourth-order valence-electron chi connectivity index (χ4n) is 1.37. The molecule has 2 heterocycles. The number of hydrogen-bond acceptors (Lipinski definition) is 6. The van der Waals surface area contributed by atoms with Crippen LogP contribution in [0, 0.1) is 0 Å². The molecule has 0 bridgehead atoms. The normalized spacial score (nSPS) is 17.9. The van der Waals surface area contributed by atoms with Gasteiger partial charge >= 0.3 is 0 Å². The van der Waals surface area contributed by atoms with Gasteiger partial charge in [-0.2, -0.15) is 4.98 Å². The summed E-state index contributed by atoms with van der Waals surface area (Å²) < 4.78 is 5.16. The SMILES string of the molecule is CC1(c2noc(-c3csc(N)n3)n2)CC1. The van der Waals surface area contributed by atoms with Gasteiger partial charge in [-0.25, -0.2) is 4.98 Å². The number of hydrogen-bond donors (Lipinski definition) is 1. The van der Waals surface area contributed by atoms with Crippen molar-refractivity contribution in [3.8, 4) is 11.6 Å². The predicted octanol–water partition coefficient (Wildman–Crippen LogP) is 1.83. The highest BCUT2D eigenvalue weighted by Gasteiger charge is 2.43. The molecule has 0 aromatic carbocycles. The highest BCUT2D eigenvalue weighted by Crippen LogP contribution is 2.46. The van der Waals surface area contributed by atoms with E-state index in [1.54, 1.807) is 0 Å². The third kappa shape index (κ3) is 1.41. The zero-order valence-corrected chi connectivity index (χ0v) is 9.04. The number of nitrogens with zero attached hydrogens (tertiary/aromatic N) is 3. The first-order chi connectivity index (χ1) is 7.17. The van der Waals surface area contributed by atoms with Crippen LogP contribution in [-0.2, 0) is 5.41 Å². The van der Waals surface area contributed by atoms with Crippen molar-refractivity contribution in [2.75, 3.05) is 5.73 Å². The van der Waals surface area contributed by atoms with Crippen molar-refractivity contribution >= 4 is 16.5 Å². The number of rotatable bonds is 2. The van der Waals surface area contributed by atoms with Crippen molar-refractivity contribution in [3.05, 3.63) is 11.2 Å². The molecule has 0 saturated heterocycles. The lowest BCUT2D eigenvalue weighted by Crippen LogP contribution is -2.01. The topological polar surface area (TPSA) is 77.8 Å². The summed E-state index contributed by atoms with van der Waals surface area (Å²) in [5.74, 6) is 1.25. The largest absolute Gasteiger partial charge is 0.375 e. The van der Waals surface area contributed by atoms with Crippen LogP contribution in [-0.4, -0.2) is 15.1 Å². The van der Waals surface area contributed by atoms with E-state index >= 15 is 0 Å². The molecule has 5 nitrogen and oxygen atoms in total. The molecule has 1 aliphatic carbocycles. The molecule has 1 aliphatic rings. The Bertz CT molecular complexity index is 500. The van der Waals surface area contributed by atoms with E-state index in [1.165, 1.54) is 11.3 Å². The summed E-state index contributed by atoms with van der Waals surface area (Å²) in [7, 11) is 0. The Kier molecular flexibility index (Phi) is 1.64. The zero-order chi connectivity index (χ0) is 10.5. The Labute approximate surface area is 90.3 Å². The van der Waals surface area contributed by atoms with Crippen molar-refractivity contribution in [1.82, 2.24) is 15.1 Å². The molecule has 0 aliphatic heterocycles. The standard InChI is InChI=1S/C9H10N4OS/c1-9(2-3-9)7-12-6(14-13-7)5-4-15-8(10)11-5/h4H,2-3H2,1H3,(H2,10,11). The lowest BCUT2D eigenvalue weighted by atomic mass is 10.1. The van der Waals surface area contributed by atoms with Gasteiger partial charge in [-0.15, -0.1) is 11.3 Å². The van der Waals surface area contributed by atoms with E-state index in [1.807, 2.05) is 5.38 Å². The number of aromatic nitrogens is 3. The number of nitrogen functional groups attached to an aromatic ring is 1. The van der Waals surface area contributed by atoms with Crippen molar-refractivity contribution in [2.45, 2.75) is 25.2 Å². The van der Waals surface area contributed by atoms with E-state index in [0.717, 1.165) is 18.7 Å². The fourth-order valence-corrected chi connectivity index (χ4v) is 1.91. The van der Waals surface area contributed by atoms with E-state index in [2.05, 4.69) is 22.0 Å². The minimum absolute atomic E-state index is 0.128. The van der Waals surface area contributed by atoms with Crippen LogP contribution in [0.5, 0.6) is 0 Å². The van der Waals surface area contributed by atoms with Crippen LogP contribution in [0.1, 0.15) is 25.6 Å². The summed E-state index contributed by atoms with van der Waals surface area (Å²) in [6.45, 7) is 2.14. The van der Waals surface area contributed by atoms with Crippen LogP contribution >= 0.6 is 11.3 Å². The van der Waals surface area contributed by atoms with Crippen LogP contribution in [0.4, 0.5) is 5.13 Å². The molecule has 0 unspecified atom stereocenters. The first kappa shape index (κ1) is 8.84. The molecule has 0 radical (unpaired) electrons. The summed E-state index contributed by atoms with van der Waals surface area (Å²) in [5.41, 5.74) is 6.33. The Morgan fingerprint density at radius 2 is 2.27 bits per heavy atom. The maximum absolute atomic E-state index is 5.54. The fraction of sp³-hybridized carbons (Fsp3) is 0.444. The van der Waals surface area contributed by atoms with Crippen molar-refractivity contribution in [3.63, 3.8) is 0 Å². The summed E-state index contributed by atoms with van der Waals surface area (Å²) in [6.07, 6.45) is 2.26. The smallest absolute Gasteiger partial charge is 0.277 e. The van der Waals surface area contributed by atoms with E-state index < -0.39 is 0 Å². The van der Waals surface area contributed by atoms with Gasteiger partial charge in [0.2, 0.25) is 0 Å². The van der Waals surface area contributed by atoms with Crippen LogP contribution in [0.2, 0.25) is 0 Å². The maximum Gasteiger partial charge on any atom is 0.277 e. The van der Waals surface area contributed by atoms with Gasteiger partial charge < -0.3 is 10.3 Å². The molecule has 0 amide bonds. The Balaban J connectivity index is 1.97. The van der Waals surface area contributed by atoms with Crippen LogP contribution in [0.3, 0.4) is 0 Å². The van der Waals surface area contributed by atoms with Gasteiger partial charge in [0.15, 0.2) is 11.0 Å². The minimum atomic E-state index is 0.128. The molecule has 0 atom stereocenters. The maximum atomic E-state index is 5.54. The molecule has 3 rings (SSSR count). The number of nitrogens with two attached hydrogens (primary N) is 1.